The molecule has 0 aromatic heterocycles. The van der Waals surface area contributed by atoms with E-state index < -0.39 is 0 Å². The Labute approximate surface area is 171 Å². The van der Waals surface area contributed by atoms with Crippen molar-refractivity contribution in [2.75, 3.05) is 13.2 Å². The molecule has 0 fully saturated rings. The predicted octanol–water partition coefficient (Wildman–Crippen LogP) is 5.41. The standard InChI is InChI=1S/C24H26O5/c1-5-27-23(25)15-17(3)20-10-12-21(13-11-20)29-22-9-7-8-19(16-22)14-18(4)24(26)28-6-2/h7-16H,5-6H2,1-4H3. The van der Waals surface area contributed by atoms with Gasteiger partial charge in [-0.1, -0.05) is 24.3 Å². The maximum absolute atomic E-state index is 11.8. The first kappa shape index (κ1) is 22.0. The largest absolute Gasteiger partial charge is 0.463 e. The second-order valence-electron chi connectivity index (χ2n) is 6.33. The molecule has 0 unspecified atom stereocenters. The van der Waals surface area contributed by atoms with E-state index in [0.717, 1.165) is 16.7 Å². The van der Waals surface area contributed by atoms with Crippen molar-refractivity contribution in [3.05, 3.63) is 71.3 Å². The lowest BCUT2D eigenvalue weighted by atomic mass is 10.1. The molecule has 2 rings (SSSR count). The highest BCUT2D eigenvalue weighted by Crippen LogP contribution is 2.25. The zero-order chi connectivity index (χ0) is 21.2. The van der Waals surface area contributed by atoms with Crippen molar-refractivity contribution in [2.24, 2.45) is 0 Å². The van der Waals surface area contributed by atoms with Gasteiger partial charge in [-0.05, 0) is 74.7 Å². The third kappa shape index (κ3) is 6.96. The van der Waals surface area contributed by atoms with Gasteiger partial charge in [-0.2, -0.15) is 0 Å². The van der Waals surface area contributed by atoms with E-state index in [1.165, 1.54) is 6.08 Å². The van der Waals surface area contributed by atoms with Gasteiger partial charge < -0.3 is 14.2 Å². The molecule has 152 valence electrons. The Kier molecular flexibility index (Phi) is 8.22. The molecule has 0 N–H and O–H groups in total. The molecule has 0 amide bonds. The Hall–Kier alpha value is -3.34. The van der Waals surface area contributed by atoms with Crippen LogP contribution in [0.2, 0.25) is 0 Å². The summed E-state index contributed by atoms with van der Waals surface area (Å²) in [6.07, 6.45) is 3.23. The van der Waals surface area contributed by atoms with Crippen molar-refractivity contribution < 1.29 is 23.8 Å². The van der Waals surface area contributed by atoms with Crippen LogP contribution in [-0.4, -0.2) is 25.2 Å². The number of allylic oxidation sites excluding steroid dienone is 1. The molecule has 29 heavy (non-hydrogen) atoms. The van der Waals surface area contributed by atoms with Gasteiger partial charge in [0.25, 0.3) is 0 Å². The molecule has 5 nitrogen and oxygen atoms in total. The topological polar surface area (TPSA) is 61.8 Å². The zero-order valence-corrected chi connectivity index (χ0v) is 17.2. The highest BCUT2D eigenvalue weighted by molar-refractivity contribution is 5.93. The van der Waals surface area contributed by atoms with E-state index in [2.05, 4.69) is 0 Å². The molecule has 2 aromatic carbocycles. The van der Waals surface area contributed by atoms with Crippen LogP contribution in [0.4, 0.5) is 0 Å². The average molecular weight is 394 g/mol. The Bertz CT molecular complexity index is 907. The molecule has 0 atom stereocenters. The number of hydrogen-bond acceptors (Lipinski definition) is 5. The number of rotatable bonds is 8. The smallest absolute Gasteiger partial charge is 0.333 e. The van der Waals surface area contributed by atoms with Crippen LogP contribution < -0.4 is 4.74 Å². The van der Waals surface area contributed by atoms with Gasteiger partial charge in [-0.15, -0.1) is 0 Å². The molecule has 0 saturated carbocycles. The second kappa shape index (κ2) is 10.9. The average Bonchev–Trinajstić information content (AvgIpc) is 2.69. The van der Waals surface area contributed by atoms with E-state index in [1.807, 2.05) is 55.5 Å². The maximum Gasteiger partial charge on any atom is 0.333 e. The van der Waals surface area contributed by atoms with Crippen molar-refractivity contribution in [3.8, 4) is 11.5 Å². The number of carbonyl (C=O) groups is 2. The van der Waals surface area contributed by atoms with Crippen LogP contribution in [0, 0.1) is 0 Å². The van der Waals surface area contributed by atoms with Gasteiger partial charge in [0.2, 0.25) is 0 Å². The van der Waals surface area contributed by atoms with E-state index >= 15 is 0 Å². The monoisotopic (exact) mass is 394 g/mol. The molecule has 0 spiro atoms. The maximum atomic E-state index is 11.8. The van der Waals surface area contributed by atoms with Crippen LogP contribution in [0.25, 0.3) is 11.6 Å². The first-order chi connectivity index (χ1) is 13.9. The molecular formula is C24H26O5. The van der Waals surface area contributed by atoms with Crippen molar-refractivity contribution in [1.29, 1.82) is 0 Å². The van der Waals surface area contributed by atoms with E-state index in [1.54, 1.807) is 26.8 Å². The summed E-state index contributed by atoms with van der Waals surface area (Å²) in [5, 5.41) is 0. The third-order valence-electron chi connectivity index (χ3n) is 4.00. The van der Waals surface area contributed by atoms with Gasteiger partial charge in [-0.3, -0.25) is 0 Å². The molecule has 0 bridgehead atoms. The molecule has 5 heteroatoms. The van der Waals surface area contributed by atoms with E-state index in [-0.39, 0.29) is 11.9 Å². The number of ether oxygens (including phenoxy) is 3. The normalized spacial score (nSPS) is 11.7. The number of carbonyl (C=O) groups excluding carboxylic acids is 2. The fraction of sp³-hybridized carbons (Fsp3) is 0.250. The van der Waals surface area contributed by atoms with Crippen LogP contribution in [0.1, 0.15) is 38.8 Å². The molecule has 0 aliphatic heterocycles. The van der Waals surface area contributed by atoms with Crippen molar-refractivity contribution in [3.63, 3.8) is 0 Å². The Balaban J connectivity index is 2.10. The van der Waals surface area contributed by atoms with E-state index in [4.69, 9.17) is 14.2 Å². The molecule has 0 heterocycles. The van der Waals surface area contributed by atoms with Crippen molar-refractivity contribution in [2.45, 2.75) is 27.7 Å². The van der Waals surface area contributed by atoms with Crippen molar-refractivity contribution in [1.82, 2.24) is 0 Å². The highest BCUT2D eigenvalue weighted by Gasteiger charge is 2.06. The number of hydrogen-bond donors (Lipinski definition) is 0. The third-order valence-corrected chi connectivity index (χ3v) is 4.00. The minimum Gasteiger partial charge on any atom is -0.463 e. The van der Waals surface area contributed by atoms with Crippen LogP contribution in [0.5, 0.6) is 11.5 Å². The fourth-order valence-electron chi connectivity index (χ4n) is 2.59. The first-order valence-corrected chi connectivity index (χ1v) is 9.51. The number of esters is 2. The van der Waals surface area contributed by atoms with Gasteiger partial charge in [0.05, 0.1) is 13.2 Å². The summed E-state index contributed by atoms with van der Waals surface area (Å²) in [4.78, 5) is 23.3. The van der Waals surface area contributed by atoms with Crippen molar-refractivity contribution >= 4 is 23.6 Å². The van der Waals surface area contributed by atoms with Crippen LogP contribution in [0.15, 0.2) is 60.2 Å². The summed E-state index contributed by atoms with van der Waals surface area (Å²) in [5.74, 6) is 0.636. The minimum absolute atomic E-state index is 0.333. The Morgan fingerprint density at radius 1 is 0.897 bits per heavy atom. The molecule has 0 aliphatic carbocycles. The van der Waals surface area contributed by atoms with Crippen LogP contribution >= 0.6 is 0 Å². The van der Waals surface area contributed by atoms with Gasteiger partial charge in [0.1, 0.15) is 11.5 Å². The summed E-state index contributed by atoms with van der Waals surface area (Å²) < 4.78 is 15.8. The fourth-order valence-corrected chi connectivity index (χ4v) is 2.59. The summed E-state index contributed by atoms with van der Waals surface area (Å²) in [5.41, 5.74) is 3.10. The van der Waals surface area contributed by atoms with Crippen LogP contribution in [0.3, 0.4) is 0 Å². The van der Waals surface area contributed by atoms with E-state index in [0.29, 0.717) is 30.3 Å². The molecule has 0 radical (unpaired) electrons. The summed E-state index contributed by atoms with van der Waals surface area (Å²) in [6, 6.07) is 14.9. The van der Waals surface area contributed by atoms with Gasteiger partial charge in [-0.25, -0.2) is 9.59 Å². The van der Waals surface area contributed by atoms with Gasteiger partial charge in [0, 0.05) is 11.6 Å². The minimum atomic E-state index is -0.353. The zero-order valence-electron chi connectivity index (χ0n) is 17.2. The highest BCUT2D eigenvalue weighted by atomic mass is 16.5. The lowest BCUT2D eigenvalue weighted by Crippen LogP contribution is -2.04. The van der Waals surface area contributed by atoms with E-state index in [9.17, 15) is 9.59 Å². The molecule has 2 aromatic rings. The van der Waals surface area contributed by atoms with Crippen LogP contribution in [-0.2, 0) is 19.1 Å². The lowest BCUT2D eigenvalue weighted by Gasteiger charge is -2.08. The molecule has 0 saturated heterocycles. The summed E-state index contributed by atoms with van der Waals surface area (Å²) in [6.45, 7) is 7.82. The molecular weight excluding hydrogens is 368 g/mol. The first-order valence-electron chi connectivity index (χ1n) is 9.51. The predicted molar refractivity (Wildman–Crippen MR) is 114 cm³/mol. The lowest BCUT2D eigenvalue weighted by molar-refractivity contribution is -0.138. The quantitative estimate of drug-likeness (QED) is 0.442. The Morgan fingerprint density at radius 2 is 1.59 bits per heavy atom. The number of benzene rings is 2. The van der Waals surface area contributed by atoms with Gasteiger partial charge in [0.15, 0.2) is 0 Å². The van der Waals surface area contributed by atoms with Gasteiger partial charge >= 0.3 is 11.9 Å². The second-order valence-corrected chi connectivity index (χ2v) is 6.33. The molecule has 0 aliphatic rings. The SMILES string of the molecule is CCOC(=O)C=C(C)c1ccc(Oc2cccc(C=C(C)C(=O)OCC)c2)cc1. The Morgan fingerprint density at radius 3 is 2.24 bits per heavy atom. The summed E-state index contributed by atoms with van der Waals surface area (Å²) >= 11 is 0. The summed E-state index contributed by atoms with van der Waals surface area (Å²) in [7, 11) is 0.